The van der Waals surface area contributed by atoms with Crippen LogP contribution in [0.1, 0.15) is 21.5 Å². The first-order valence-corrected chi connectivity index (χ1v) is 9.54. The molecule has 0 unspecified atom stereocenters. The number of benzene rings is 2. The monoisotopic (exact) mass is 365 g/mol. The van der Waals surface area contributed by atoms with Gasteiger partial charge in [-0.25, -0.2) is 9.97 Å². The van der Waals surface area contributed by atoms with Crippen LogP contribution in [0.2, 0.25) is 0 Å². The normalized spacial score (nSPS) is 11.0. The molecule has 0 saturated carbocycles. The zero-order valence-electron chi connectivity index (χ0n) is 13.7. The Kier molecular flexibility index (Phi) is 4.07. The highest BCUT2D eigenvalue weighted by atomic mass is 32.1. The molecule has 4 rings (SSSR count). The van der Waals surface area contributed by atoms with Crippen molar-refractivity contribution in [1.82, 2.24) is 9.97 Å². The lowest BCUT2D eigenvalue weighted by Crippen LogP contribution is -2.11. The average molecular weight is 365 g/mol. The Morgan fingerprint density at radius 2 is 1.96 bits per heavy atom. The molecule has 0 bridgehead atoms. The van der Waals surface area contributed by atoms with Crippen LogP contribution in [0.5, 0.6) is 0 Å². The summed E-state index contributed by atoms with van der Waals surface area (Å²) in [7, 11) is 0. The minimum atomic E-state index is -0.156. The van der Waals surface area contributed by atoms with E-state index in [9.17, 15) is 4.79 Å². The Labute approximate surface area is 153 Å². The van der Waals surface area contributed by atoms with E-state index in [1.165, 1.54) is 33.8 Å². The highest BCUT2D eigenvalue weighted by molar-refractivity contribution is 7.16. The number of carbonyl (C=O) groups excluding carboxylic acids is 1. The zero-order chi connectivity index (χ0) is 17.4. The number of hydrogen-bond acceptors (Lipinski definition) is 5. The van der Waals surface area contributed by atoms with Gasteiger partial charge in [0, 0.05) is 16.5 Å². The van der Waals surface area contributed by atoms with E-state index in [4.69, 9.17) is 0 Å². The lowest BCUT2D eigenvalue weighted by atomic mass is 10.0. The van der Waals surface area contributed by atoms with E-state index < -0.39 is 0 Å². The van der Waals surface area contributed by atoms with Gasteiger partial charge in [0.25, 0.3) is 5.91 Å². The van der Waals surface area contributed by atoms with Gasteiger partial charge in [-0.3, -0.25) is 10.1 Å². The van der Waals surface area contributed by atoms with Crippen molar-refractivity contribution in [1.29, 1.82) is 0 Å². The molecule has 4 nitrogen and oxygen atoms in total. The summed E-state index contributed by atoms with van der Waals surface area (Å²) >= 11 is 2.96. The maximum Gasteiger partial charge on any atom is 0.257 e. The molecule has 6 heteroatoms. The first-order chi connectivity index (χ1) is 12.1. The van der Waals surface area contributed by atoms with Crippen LogP contribution in [0.25, 0.3) is 21.5 Å². The molecule has 0 atom stereocenters. The number of hydrogen-bond donors (Lipinski definition) is 1. The number of aryl methyl sites for hydroxylation is 2. The van der Waals surface area contributed by atoms with E-state index >= 15 is 0 Å². The van der Waals surface area contributed by atoms with Crippen LogP contribution in [0.15, 0.2) is 47.3 Å². The van der Waals surface area contributed by atoms with Gasteiger partial charge in [-0.15, -0.1) is 22.7 Å². The molecule has 0 fully saturated rings. The quantitative estimate of drug-likeness (QED) is 0.537. The number of thiazole rings is 2. The molecular weight excluding hydrogens is 350 g/mol. The predicted octanol–water partition coefficient (Wildman–Crippen LogP) is 5.29. The van der Waals surface area contributed by atoms with Crippen LogP contribution >= 0.6 is 22.7 Å². The third-order valence-corrected chi connectivity index (χ3v) is 5.53. The van der Waals surface area contributed by atoms with Gasteiger partial charge in [0.05, 0.1) is 21.4 Å². The fourth-order valence-electron chi connectivity index (χ4n) is 2.72. The summed E-state index contributed by atoms with van der Waals surface area (Å²) < 4.78 is 1.00. The number of carbonyl (C=O) groups is 1. The minimum absolute atomic E-state index is 0.156. The molecule has 1 N–H and O–H groups in total. The minimum Gasteiger partial charge on any atom is -0.298 e. The Bertz CT molecular complexity index is 1080. The number of anilines is 1. The van der Waals surface area contributed by atoms with Gasteiger partial charge < -0.3 is 0 Å². The van der Waals surface area contributed by atoms with Gasteiger partial charge in [0.1, 0.15) is 0 Å². The molecule has 0 aliphatic rings. The summed E-state index contributed by atoms with van der Waals surface area (Å²) in [5, 5.41) is 5.46. The summed E-state index contributed by atoms with van der Waals surface area (Å²) in [6, 6.07) is 11.8. The van der Waals surface area contributed by atoms with Gasteiger partial charge >= 0.3 is 0 Å². The van der Waals surface area contributed by atoms with Gasteiger partial charge in [-0.2, -0.15) is 0 Å². The second-order valence-corrected chi connectivity index (χ2v) is 7.59. The number of amides is 1. The van der Waals surface area contributed by atoms with Gasteiger partial charge in [0.15, 0.2) is 5.13 Å². The number of nitrogens with one attached hydrogen (secondary N) is 1. The van der Waals surface area contributed by atoms with E-state index in [0.29, 0.717) is 10.7 Å². The van der Waals surface area contributed by atoms with Crippen molar-refractivity contribution in [2.75, 3.05) is 5.32 Å². The van der Waals surface area contributed by atoms with Crippen LogP contribution in [0, 0.1) is 13.8 Å². The van der Waals surface area contributed by atoms with E-state index in [2.05, 4.69) is 47.3 Å². The molecule has 0 aliphatic carbocycles. The lowest BCUT2D eigenvalue weighted by molar-refractivity contribution is 0.102. The van der Waals surface area contributed by atoms with E-state index in [0.717, 1.165) is 21.5 Å². The van der Waals surface area contributed by atoms with Crippen molar-refractivity contribution in [3.63, 3.8) is 0 Å². The van der Waals surface area contributed by atoms with Crippen molar-refractivity contribution in [2.45, 2.75) is 13.8 Å². The van der Waals surface area contributed by atoms with E-state index in [1.807, 2.05) is 17.5 Å². The van der Waals surface area contributed by atoms with Crippen molar-refractivity contribution < 1.29 is 4.79 Å². The van der Waals surface area contributed by atoms with Gasteiger partial charge in [-0.1, -0.05) is 23.8 Å². The first kappa shape index (κ1) is 15.9. The Hall–Kier alpha value is -2.57. The second-order valence-electron chi connectivity index (χ2n) is 5.85. The Morgan fingerprint density at radius 3 is 2.80 bits per heavy atom. The summed E-state index contributed by atoms with van der Waals surface area (Å²) in [4.78, 5) is 21.3. The fraction of sp³-hybridized carbons (Fsp3) is 0.105. The van der Waals surface area contributed by atoms with Crippen LogP contribution in [0.4, 0.5) is 5.13 Å². The first-order valence-electron chi connectivity index (χ1n) is 7.78. The third-order valence-electron chi connectivity index (χ3n) is 3.98. The van der Waals surface area contributed by atoms with E-state index in [-0.39, 0.29) is 5.91 Å². The summed E-state index contributed by atoms with van der Waals surface area (Å²) in [5.74, 6) is -0.156. The Morgan fingerprint density at radius 1 is 1.08 bits per heavy atom. The fourth-order valence-corrected chi connectivity index (χ4v) is 4.14. The molecule has 2 heterocycles. The van der Waals surface area contributed by atoms with Gasteiger partial charge in [-0.05, 0) is 37.6 Å². The van der Waals surface area contributed by atoms with Gasteiger partial charge in [0.2, 0.25) is 0 Å². The number of rotatable bonds is 3. The number of nitrogens with zero attached hydrogens (tertiary/aromatic N) is 2. The smallest absolute Gasteiger partial charge is 0.257 e. The molecule has 25 heavy (non-hydrogen) atoms. The van der Waals surface area contributed by atoms with Crippen molar-refractivity contribution >= 4 is 43.9 Å². The highest BCUT2D eigenvalue weighted by Crippen LogP contribution is 2.28. The lowest BCUT2D eigenvalue weighted by Gasteiger charge is -2.04. The summed E-state index contributed by atoms with van der Waals surface area (Å²) in [5.41, 5.74) is 7.68. The molecule has 0 radical (unpaired) electrons. The molecule has 4 aromatic rings. The molecule has 2 aromatic heterocycles. The van der Waals surface area contributed by atoms with Crippen LogP contribution in [-0.2, 0) is 0 Å². The largest absolute Gasteiger partial charge is 0.298 e. The molecule has 0 saturated heterocycles. The maximum atomic E-state index is 12.5. The van der Waals surface area contributed by atoms with Crippen molar-refractivity contribution in [3.8, 4) is 11.3 Å². The third kappa shape index (κ3) is 3.18. The molecule has 0 aliphatic heterocycles. The SMILES string of the molecule is Cc1ccc(-c2csc(NC(=O)c3ccc4ncsc4c3)n2)c(C)c1. The molecule has 124 valence electrons. The van der Waals surface area contributed by atoms with Crippen molar-refractivity contribution in [3.05, 3.63) is 64.0 Å². The van der Waals surface area contributed by atoms with Crippen LogP contribution < -0.4 is 5.32 Å². The average Bonchev–Trinajstić information content (AvgIpc) is 3.23. The molecule has 2 aromatic carbocycles. The second kappa shape index (κ2) is 6.38. The topological polar surface area (TPSA) is 54.9 Å². The molecular formula is C19H15N3OS2. The number of aromatic nitrogens is 2. The Balaban J connectivity index is 1.56. The zero-order valence-corrected chi connectivity index (χ0v) is 15.4. The molecule has 0 spiro atoms. The van der Waals surface area contributed by atoms with E-state index in [1.54, 1.807) is 11.6 Å². The highest BCUT2D eigenvalue weighted by Gasteiger charge is 2.12. The van der Waals surface area contributed by atoms with Crippen LogP contribution in [0.3, 0.4) is 0 Å². The van der Waals surface area contributed by atoms with Crippen LogP contribution in [-0.4, -0.2) is 15.9 Å². The maximum absolute atomic E-state index is 12.5. The predicted molar refractivity (Wildman–Crippen MR) is 105 cm³/mol. The van der Waals surface area contributed by atoms with Crippen molar-refractivity contribution in [2.24, 2.45) is 0 Å². The summed E-state index contributed by atoms with van der Waals surface area (Å²) in [6.07, 6.45) is 0. The standard InChI is InChI=1S/C19H15N3OS2/c1-11-3-5-14(12(2)7-11)16-9-24-19(21-16)22-18(23)13-4-6-15-17(8-13)25-10-20-15/h3-10H,1-2H3,(H,21,22,23). The summed E-state index contributed by atoms with van der Waals surface area (Å²) in [6.45, 7) is 4.15. The molecule has 1 amide bonds. The number of fused-ring (bicyclic) bond motifs is 1.